The van der Waals surface area contributed by atoms with Gasteiger partial charge in [-0.15, -0.1) is 0 Å². The molecule has 5 heterocycles. The van der Waals surface area contributed by atoms with Gasteiger partial charge in [0.1, 0.15) is 11.6 Å². The molecule has 5 rings (SSSR count). The molecule has 8 nitrogen and oxygen atoms in total. The van der Waals surface area contributed by atoms with E-state index >= 15 is 0 Å². The number of rotatable bonds is 4. The summed E-state index contributed by atoms with van der Waals surface area (Å²) in [4.78, 5) is 14.0. The molecule has 0 radical (unpaired) electrons. The van der Waals surface area contributed by atoms with Gasteiger partial charge in [0.2, 0.25) is 5.82 Å². The number of nitrogens with zero attached hydrogens (tertiary/aromatic N) is 7. The van der Waals surface area contributed by atoms with E-state index in [0.29, 0.717) is 48.9 Å². The molecule has 0 atom stereocenters. The molecule has 1 N–H and O–H groups in total. The van der Waals surface area contributed by atoms with Gasteiger partial charge in [0, 0.05) is 77.4 Å². The SMILES string of the molecule is Cn1ncc(Cl)c1C1CCN(c2cc(N3CC(N4CCNCC4)C3)nc(C(F)(F)F)n2)CC1. The number of alkyl halides is 3. The fraction of sp³-hybridized carbons (Fsp3) is 0.667. The van der Waals surface area contributed by atoms with E-state index in [1.807, 2.05) is 16.8 Å². The molecule has 180 valence electrons. The summed E-state index contributed by atoms with van der Waals surface area (Å²) in [6.07, 6.45) is -1.41. The lowest BCUT2D eigenvalue weighted by Gasteiger charge is -2.47. The first-order valence-electron chi connectivity index (χ1n) is 11.4. The zero-order valence-electron chi connectivity index (χ0n) is 18.5. The Hall–Kier alpha value is -2.11. The Morgan fingerprint density at radius 1 is 1.00 bits per heavy atom. The average Bonchev–Trinajstić information content (AvgIpc) is 3.11. The van der Waals surface area contributed by atoms with Crippen molar-refractivity contribution in [1.82, 2.24) is 30.0 Å². The molecule has 0 aromatic carbocycles. The van der Waals surface area contributed by atoms with Crippen LogP contribution in [0.5, 0.6) is 0 Å². The fourth-order valence-electron chi connectivity index (χ4n) is 5.05. The third-order valence-electron chi connectivity index (χ3n) is 6.95. The van der Waals surface area contributed by atoms with Crippen molar-refractivity contribution in [1.29, 1.82) is 0 Å². The van der Waals surface area contributed by atoms with Crippen LogP contribution in [0.2, 0.25) is 5.02 Å². The molecule has 0 amide bonds. The van der Waals surface area contributed by atoms with E-state index in [1.54, 1.807) is 16.9 Å². The van der Waals surface area contributed by atoms with Gasteiger partial charge in [-0.2, -0.15) is 18.3 Å². The number of aromatic nitrogens is 4. The summed E-state index contributed by atoms with van der Waals surface area (Å²) in [6.45, 7) is 6.42. The Morgan fingerprint density at radius 2 is 1.64 bits per heavy atom. The van der Waals surface area contributed by atoms with Crippen molar-refractivity contribution in [3.05, 3.63) is 28.8 Å². The van der Waals surface area contributed by atoms with Gasteiger partial charge in [-0.05, 0) is 12.8 Å². The maximum absolute atomic E-state index is 13.6. The number of aryl methyl sites for hydroxylation is 1. The molecule has 2 aromatic heterocycles. The molecule has 2 aromatic rings. The monoisotopic (exact) mass is 484 g/mol. The van der Waals surface area contributed by atoms with Crippen molar-refractivity contribution >= 4 is 23.2 Å². The molecule has 3 saturated heterocycles. The van der Waals surface area contributed by atoms with Gasteiger partial charge in [0.25, 0.3) is 0 Å². The molecular weight excluding hydrogens is 457 g/mol. The standard InChI is InChI=1S/C21H28ClF3N8/c1-30-19(16(22)11-27-30)14-2-6-32(7-3-14)17-10-18(29-20(28-17)21(23,24)25)33-12-15(13-33)31-8-4-26-5-9-31/h10-11,14-15,26H,2-9,12-13H2,1H3. The first-order chi connectivity index (χ1) is 15.8. The summed E-state index contributed by atoms with van der Waals surface area (Å²) in [6, 6.07) is 2.07. The number of hydrogen-bond donors (Lipinski definition) is 1. The van der Waals surface area contributed by atoms with E-state index < -0.39 is 12.0 Å². The zero-order valence-corrected chi connectivity index (χ0v) is 19.3. The van der Waals surface area contributed by atoms with Crippen molar-refractivity contribution in [3.8, 4) is 0 Å². The van der Waals surface area contributed by atoms with Crippen LogP contribution in [0.3, 0.4) is 0 Å². The van der Waals surface area contributed by atoms with Crippen LogP contribution in [0.25, 0.3) is 0 Å². The highest BCUT2D eigenvalue weighted by Crippen LogP contribution is 2.36. The van der Waals surface area contributed by atoms with Crippen LogP contribution in [-0.4, -0.2) is 83.0 Å². The van der Waals surface area contributed by atoms with Crippen LogP contribution in [0.1, 0.15) is 30.3 Å². The predicted molar refractivity (Wildman–Crippen MR) is 120 cm³/mol. The second kappa shape index (κ2) is 8.92. The van der Waals surface area contributed by atoms with Gasteiger partial charge in [-0.1, -0.05) is 11.6 Å². The number of piperazine rings is 1. The highest BCUT2D eigenvalue weighted by molar-refractivity contribution is 6.31. The molecule has 3 aliphatic rings. The van der Waals surface area contributed by atoms with Crippen molar-refractivity contribution in [2.24, 2.45) is 7.05 Å². The van der Waals surface area contributed by atoms with Crippen molar-refractivity contribution in [3.63, 3.8) is 0 Å². The first kappa shape index (κ1) is 22.7. The number of nitrogens with one attached hydrogen (secondary N) is 1. The average molecular weight is 485 g/mol. The van der Waals surface area contributed by atoms with Crippen LogP contribution in [-0.2, 0) is 13.2 Å². The van der Waals surface area contributed by atoms with Crippen LogP contribution >= 0.6 is 11.6 Å². The molecule has 0 unspecified atom stereocenters. The van der Waals surface area contributed by atoms with Gasteiger partial charge in [0.15, 0.2) is 0 Å². The second-order valence-electron chi connectivity index (χ2n) is 9.01. The summed E-state index contributed by atoms with van der Waals surface area (Å²) >= 11 is 6.29. The molecule has 0 bridgehead atoms. The Bertz CT molecular complexity index is 957. The minimum absolute atomic E-state index is 0.222. The third-order valence-corrected chi connectivity index (χ3v) is 7.24. The minimum atomic E-state index is -4.59. The molecule has 3 fully saturated rings. The highest BCUT2D eigenvalue weighted by Gasteiger charge is 2.39. The maximum Gasteiger partial charge on any atom is 0.451 e. The first-order valence-corrected chi connectivity index (χ1v) is 11.8. The predicted octanol–water partition coefficient (Wildman–Crippen LogP) is 2.36. The Labute approximate surface area is 195 Å². The van der Waals surface area contributed by atoms with E-state index in [9.17, 15) is 13.2 Å². The van der Waals surface area contributed by atoms with Gasteiger partial charge in [-0.25, -0.2) is 9.97 Å². The molecule has 0 spiro atoms. The Kier molecular flexibility index (Phi) is 6.13. The summed E-state index contributed by atoms with van der Waals surface area (Å²) in [5.74, 6) is -0.153. The number of hydrogen-bond acceptors (Lipinski definition) is 7. The lowest BCUT2D eigenvalue weighted by molar-refractivity contribution is -0.144. The zero-order chi connectivity index (χ0) is 23.2. The lowest BCUT2D eigenvalue weighted by atomic mass is 9.93. The molecule has 0 saturated carbocycles. The lowest BCUT2D eigenvalue weighted by Crippen LogP contribution is -2.63. The second-order valence-corrected chi connectivity index (χ2v) is 9.42. The van der Waals surface area contributed by atoms with Gasteiger partial charge in [0.05, 0.1) is 16.9 Å². The van der Waals surface area contributed by atoms with Crippen LogP contribution in [0.15, 0.2) is 12.3 Å². The van der Waals surface area contributed by atoms with Crippen molar-refractivity contribution in [2.75, 3.05) is 62.2 Å². The summed E-state index contributed by atoms with van der Waals surface area (Å²) in [7, 11) is 1.86. The third kappa shape index (κ3) is 4.63. The van der Waals surface area contributed by atoms with E-state index in [0.717, 1.165) is 44.7 Å². The van der Waals surface area contributed by atoms with Crippen LogP contribution in [0.4, 0.5) is 24.8 Å². The largest absolute Gasteiger partial charge is 0.451 e. The summed E-state index contributed by atoms with van der Waals surface area (Å²) < 4.78 is 42.6. The summed E-state index contributed by atoms with van der Waals surface area (Å²) in [5, 5.41) is 8.17. The Balaban J connectivity index is 1.31. The van der Waals surface area contributed by atoms with E-state index in [-0.39, 0.29) is 5.92 Å². The van der Waals surface area contributed by atoms with Gasteiger partial charge in [-0.3, -0.25) is 9.58 Å². The smallest absolute Gasteiger partial charge is 0.356 e. The molecule has 33 heavy (non-hydrogen) atoms. The quantitative estimate of drug-likeness (QED) is 0.714. The molecular formula is C21H28ClF3N8. The number of anilines is 2. The number of piperidine rings is 1. The van der Waals surface area contributed by atoms with E-state index in [1.165, 1.54) is 0 Å². The maximum atomic E-state index is 13.6. The Morgan fingerprint density at radius 3 is 2.21 bits per heavy atom. The summed E-state index contributed by atoms with van der Waals surface area (Å²) in [5.41, 5.74) is 0.982. The molecule has 3 aliphatic heterocycles. The highest BCUT2D eigenvalue weighted by atomic mass is 35.5. The topological polar surface area (TPSA) is 65.4 Å². The van der Waals surface area contributed by atoms with E-state index in [2.05, 4.69) is 25.3 Å². The van der Waals surface area contributed by atoms with E-state index in [4.69, 9.17) is 11.6 Å². The van der Waals surface area contributed by atoms with Crippen molar-refractivity contribution < 1.29 is 13.2 Å². The van der Waals surface area contributed by atoms with Crippen LogP contribution in [0, 0.1) is 0 Å². The fourth-order valence-corrected chi connectivity index (χ4v) is 5.38. The van der Waals surface area contributed by atoms with Crippen LogP contribution < -0.4 is 15.1 Å². The minimum Gasteiger partial charge on any atom is -0.356 e. The molecule has 12 heteroatoms. The normalized spacial score (nSPS) is 21.5. The van der Waals surface area contributed by atoms with Crippen molar-refractivity contribution in [2.45, 2.75) is 31.0 Å². The van der Waals surface area contributed by atoms with Gasteiger partial charge >= 0.3 is 6.18 Å². The molecule has 0 aliphatic carbocycles. The number of halogens is 4. The van der Waals surface area contributed by atoms with Gasteiger partial charge < -0.3 is 15.1 Å².